The Morgan fingerprint density at radius 1 is 1.38 bits per heavy atom. The molecule has 3 rings (SSSR count). The minimum atomic E-state index is 0. The average Bonchev–Trinajstić information content (AvgIpc) is 3.14. The second-order valence-electron chi connectivity index (χ2n) is 6.23. The van der Waals surface area contributed by atoms with Gasteiger partial charge in [0, 0.05) is 32.3 Å². The maximum absolute atomic E-state index is 11.4. The van der Waals surface area contributed by atoms with E-state index in [0.717, 1.165) is 55.4 Å². The molecule has 2 heterocycles. The highest BCUT2D eigenvalue weighted by molar-refractivity contribution is 14.0. The van der Waals surface area contributed by atoms with Crippen molar-refractivity contribution < 1.29 is 14.3 Å². The molecule has 1 amide bonds. The summed E-state index contributed by atoms with van der Waals surface area (Å²) in [6.45, 7) is 2.82. The molecule has 1 saturated heterocycles. The lowest BCUT2D eigenvalue weighted by Gasteiger charge is -2.18. The van der Waals surface area contributed by atoms with Crippen LogP contribution in [0, 0.1) is 0 Å². The first kappa shape index (κ1) is 20.8. The first-order valence-electron chi connectivity index (χ1n) is 8.86. The predicted octanol–water partition coefficient (Wildman–Crippen LogP) is 1.91. The topological polar surface area (TPSA) is 84.0 Å². The van der Waals surface area contributed by atoms with Crippen molar-refractivity contribution in [2.24, 2.45) is 4.99 Å². The van der Waals surface area contributed by atoms with Crippen molar-refractivity contribution in [3.8, 4) is 5.75 Å². The summed E-state index contributed by atoms with van der Waals surface area (Å²) in [5.74, 6) is 1.65. The Balaban J connectivity index is 0.00000243. The van der Waals surface area contributed by atoms with E-state index in [1.165, 1.54) is 0 Å². The molecule has 0 aromatic heterocycles. The minimum Gasteiger partial charge on any atom is -0.492 e. The smallest absolute Gasteiger partial charge is 0.224 e. The number of guanidine groups is 1. The molecule has 1 atom stereocenters. The highest BCUT2D eigenvalue weighted by Crippen LogP contribution is 2.26. The zero-order valence-electron chi connectivity index (χ0n) is 15.0. The summed E-state index contributed by atoms with van der Waals surface area (Å²) >= 11 is 0. The molecule has 1 aromatic carbocycles. The van der Waals surface area contributed by atoms with E-state index in [4.69, 9.17) is 9.47 Å². The van der Waals surface area contributed by atoms with Crippen molar-refractivity contribution >= 4 is 41.5 Å². The normalized spacial score (nSPS) is 19.2. The van der Waals surface area contributed by atoms with Crippen LogP contribution in [0.25, 0.3) is 0 Å². The van der Waals surface area contributed by atoms with Gasteiger partial charge in [0.2, 0.25) is 5.91 Å². The number of fused-ring (bicyclic) bond motifs is 1. The molecule has 0 spiro atoms. The number of aliphatic imine (C=N–C) groups is 1. The van der Waals surface area contributed by atoms with E-state index in [1.54, 1.807) is 7.05 Å². The number of benzene rings is 1. The molecule has 0 aliphatic carbocycles. The van der Waals surface area contributed by atoms with Crippen molar-refractivity contribution in [3.05, 3.63) is 23.8 Å². The number of carbonyl (C=O) groups excluding carboxylic acids is 1. The average molecular weight is 474 g/mol. The Morgan fingerprint density at radius 2 is 2.27 bits per heavy atom. The Hall–Kier alpha value is -1.55. The number of hydrogen-bond donors (Lipinski definition) is 3. The Morgan fingerprint density at radius 3 is 3.04 bits per heavy atom. The van der Waals surface area contributed by atoms with Gasteiger partial charge in [0.05, 0.1) is 12.6 Å². The summed E-state index contributed by atoms with van der Waals surface area (Å²) in [4.78, 5) is 15.6. The van der Waals surface area contributed by atoms with E-state index >= 15 is 0 Å². The molecule has 2 aliphatic heterocycles. The summed E-state index contributed by atoms with van der Waals surface area (Å²) < 4.78 is 11.4. The number of aryl methyl sites for hydroxylation is 1. The molecule has 3 N–H and O–H groups in total. The number of hydrogen-bond acceptors (Lipinski definition) is 4. The maximum Gasteiger partial charge on any atom is 0.224 e. The zero-order chi connectivity index (χ0) is 17.5. The molecule has 0 bridgehead atoms. The lowest BCUT2D eigenvalue weighted by atomic mass is 10.0. The van der Waals surface area contributed by atoms with Crippen LogP contribution in [0.4, 0.5) is 5.69 Å². The largest absolute Gasteiger partial charge is 0.492 e. The lowest BCUT2D eigenvalue weighted by molar-refractivity contribution is -0.116. The number of ether oxygens (including phenoxy) is 2. The monoisotopic (exact) mass is 474 g/mol. The molecular weight excluding hydrogens is 447 g/mol. The standard InChI is InChI=1S/C18H26N4O3.HI/c1-19-18(21-12-15-3-2-9-24-15)20-8-10-25-14-5-6-16-13(11-14)4-7-17(23)22-16;/h5-6,11,15H,2-4,7-10,12H2,1H3,(H,22,23)(H2,19,20,21);1H. The summed E-state index contributed by atoms with van der Waals surface area (Å²) in [5, 5.41) is 9.38. The van der Waals surface area contributed by atoms with Crippen LogP contribution in [0.3, 0.4) is 0 Å². The molecular formula is C18H27IN4O3. The molecule has 7 nitrogen and oxygen atoms in total. The Bertz CT molecular complexity index is 633. The SMILES string of the molecule is CN=C(NCCOc1ccc2c(c1)CCC(=O)N2)NCC1CCCO1.I. The number of nitrogens with one attached hydrogen (secondary N) is 3. The van der Waals surface area contributed by atoms with E-state index in [0.29, 0.717) is 19.6 Å². The molecule has 8 heteroatoms. The molecule has 26 heavy (non-hydrogen) atoms. The molecule has 1 aromatic rings. The van der Waals surface area contributed by atoms with Gasteiger partial charge in [0.25, 0.3) is 0 Å². The van der Waals surface area contributed by atoms with Crippen molar-refractivity contribution in [1.82, 2.24) is 10.6 Å². The first-order valence-corrected chi connectivity index (χ1v) is 8.86. The predicted molar refractivity (Wildman–Crippen MR) is 113 cm³/mol. The summed E-state index contributed by atoms with van der Waals surface area (Å²) in [6, 6.07) is 5.78. The molecule has 0 saturated carbocycles. The van der Waals surface area contributed by atoms with E-state index in [9.17, 15) is 4.79 Å². The van der Waals surface area contributed by atoms with Crippen LogP contribution >= 0.6 is 24.0 Å². The van der Waals surface area contributed by atoms with Gasteiger partial charge in [-0.25, -0.2) is 0 Å². The van der Waals surface area contributed by atoms with Crippen molar-refractivity contribution in [1.29, 1.82) is 0 Å². The van der Waals surface area contributed by atoms with Gasteiger partial charge in [-0.1, -0.05) is 0 Å². The minimum absolute atomic E-state index is 0. The van der Waals surface area contributed by atoms with Crippen LogP contribution in [0.5, 0.6) is 5.75 Å². The second-order valence-corrected chi connectivity index (χ2v) is 6.23. The van der Waals surface area contributed by atoms with Gasteiger partial charge in [-0.2, -0.15) is 0 Å². The van der Waals surface area contributed by atoms with Gasteiger partial charge in [-0.3, -0.25) is 9.79 Å². The van der Waals surface area contributed by atoms with Crippen LogP contribution in [-0.4, -0.2) is 51.3 Å². The molecule has 1 fully saturated rings. The fourth-order valence-corrected chi connectivity index (χ4v) is 3.02. The lowest BCUT2D eigenvalue weighted by Crippen LogP contribution is -2.42. The van der Waals surface area contributed by atoms with Crippen LogP contribution in [0.1, 0.15) is 24.8 Å². The van der Waals surface area contributed by atoms with Crippen molar-refractivity contribution in [2.45, 2.75) is 31.8 Å². The molecule has 2 aliphatic rings. The molecule has 0 radical (unpaired) electrons. The van der Waals surface area contributed by atoms with Gasteiger partial charge >= 0.3 is 0 Å². The first-order chi connectivity index (χ1) is 12.2. The summed E-state index contributed by atoms with van der Waals surface area (Å²) in [6.07, 6.45) is 3.81. The van der Waals surface area contributed by atoms with Crippen molar-refractivity contribution in [3.63, 3.8) is 0 Å². The number of rotatable bonds is 6. The van der Waals surface area contributed by atoms with Crippen LogP contribution < -0.4 is 20.7 Å². The number of nitrogens with zero attached hydrogens (tertiary/aromatic N) is 1. The number of amides is 1. The highest BCUT2D eigenvalue weighted by Gasteiger charge is 2.16. The Kier molecular flexibility index (Phi) is 8.43. The third-order valence-corrected chi connectivity index (χ3v) is 4.38. The molecule has 1 unspecified atom stereocenters. The third-order valence-electron chi connectivity index (χ3n) is 4.38. The second kappa shape index (κ2) is 10.6. The summed E-state index contributed by atoms with van der Waals surface area (Å²) in [5.41, 5.74) is 2.01. The number of anilines is 1. The van der Waals surface area contributed by atoms with E-state index in [-0.39, 0.29) is 36.0 Å². The fraction of sp³-hybridized carbons (Fsp3) is 0.556. The van der Waals surface area contributed by atoms with Crippen molar-refractivity contribution in [2.75, 3.05) is 38.7 Å². The third kappa shape index (κ3) is 6.01. The van der Waals surface area contributed by atoms with E-state index < -0.39 is 0 Å². The quantitative estimate of drug-likeness (QED) is 0.254. The number of carbonyl (C=O) groups is 1. The van der Waals surface area contributed by atoms with Gasteiger partial charge in [-0.15, -0.1) is 24.0 Å². The van der Waals surface area contributed by atoms with Gasteiger partial charge in [-0.05, 0) is 43.0 Å². The van der Waals surface area contributed by atoms with Gasteiger partial charge < -0.3 is 25.4 Å². The zero-order valence-corrected chi connectivity index (χ0v) is 17.4. The fourth-order valence-electron chi connectivity index (χ4n) is 3.02. The molecule has 144 valence electrons. The van der Waals surface area contributed by atoms with Crippen LogP contribution in [0.2, 0.25) is 0 Å². The van der Waals surface area contributed by atoms with E-state index in [2.05, 4.69) is 20.9 Å². The van der Waals surface area contributed by atoms with E-state index in [1.807, 2.05) is 18.2 Å². The maximum atomic E-state index is 11.4. The Labute approximate surface area is 171 Å². The van der Waals surface area contributed by atoms with Gasteiger partial charge in [0.15, 0.2) is 5.96 Å². The number of halogens is 1. The van der Waals surface area contributed by atoms with Crippen LogP contribution in [-0.2, 0) is 16.0 Å². The van der Waals surface area contributed by atoms with Gasteiger partial charge in [0.1, 0.15) is 12.4 Å². The van der Waals surface area contributed by atoms with Crippen LogP contribution in [0.15, 0.2) is 23.2 Å². The highest BCUT2D eigenvalue weighted by atomic mass is 127. The summed E-state index contributed by atoms with van der Waals surface area (Å²) in [7, 11) is 1.75.